The molecule has 0 unspecified atom stereocenters. The second kappa shape index (κ2) is 7.97. The number of amides is 1. The summed E-state index contributed by atoms with van der Waals surface area (Å²) >= 11 is 3.42. The van der Waals surface area contributed by atoms with Crippen molar-refractivity contribution in [3.63, 3.8) is 0 Å². The Morgan fingerprint density at radius 3 is 2.45 bits per heavy atom. The van der Waals surface area contributed by atoms with Gasteiger partial charge in [0.1, 0.15) is 0 Å². The van der Waals surface area contributed by atoms with E-state index in [2.05, 4.69) is 21.0 Å². The first-order valence-corrected chi connectivity index (χ1v) is 9.78. The predicted molar refractivity (Wildman–Crippen MR) is 114 cm³/mol. The highest BCUT2D eigenvalue weighted by Crippen LogP contribution is 2.35. The third-order valence-electron chi connectivity index (χ3n) is 4.78. The number of rotatable bonds is 4. The molecule has 1 heterocycles. The molecule has 3 aromatic carbocycles. The van der Waals surface area contributed by atoms with Gasteiger partial charge in [0.05, 0.1) is 16.7 Å². The Hall–Kier alpha value is -3.32. The van der Waals surface area contributed by atoms with E-state index >= 15 is 0 Å². The number of benzene rings is 3. The average Bonchev–Trinajstić information content (AvgIpc) is 3.20. The number of nitro benzene ring substituents is 1. The number of hydrazone groups is 1. The summed E-state index contributed by atoms with van der Waals surface area (Å²) in [7, 11) is 0. The van der Waals surface area contributed by atoms with E-state index in [1.807, 2.05) is 30.3 Å². The summed E-state index contributed by atoms with van der Waals surface area (Å²) in [4.78, 5) is 23.9. The predicted octanol–water partition coefficient (Wildman–Crippen LogP) is 5.35. The van der Waals surface area contributed by atoms with Gasteiger partial charge < -0.3 is 0 Å². The van der Waals surface area contributed by atoms with Gasteiger partial charge in [-0.3, -0.25) is 14.9 Å². The lowest BCUT2D eigenvalue weighted by Gasteiger charge is -2.22. The molecule has 0 saturated carbocycles. The van der Waals surface area contributed by atoms with Gasteiger partial charge in [0, 0.05) is 28.6 Å². The maximum atomic E-state index is 13.2. The summed E-state index contributed by atoms with van der Waals surface area (Å²) in [6.07, 6.45) is 0.474. The number of nitrogens with zero attached hydrogens (tertiary/aromatic N) is 3. The van der Waals surface area contributed by atoms with Gasteiger partial charge in [-0.2, -0.15) is 5.10 Å². The van der Waals surface area contributed by atoms with Crippen LogP contribution in [-0.4, -0.2) is 21.6 Å². The van der Waals surface area contributed by atoms with Gasteiger partial charge in [-0.25, -0.2) is 5.01 Å². The first-order chi connectivity index (χ1) is 14.0. The fraction of sp³-hybridized carbons (Fsp3) is 0.0909. The standard InChI is InChI=1S/C22H16BrN3O3/c23-18-11-9-15(10-12-18)20-14-21(17-7-4-8-19(13-17)26(28)29)25(24-20)22(27)16-5-2-1-3-6-16/h1-13,21H,14H2/t21-/m1/s1. The minimum absolute atomic E-state index is 0.00768. The summed E-state index contributed by atoms with van der Waals surface area (Å²) < 4.78 is 0.951. The molecule has 29 heavy (non-hydrogen) atoms. The Kier molecular flexibility index (Phi) is 5.22. The Balaban J connectivity index is 1.75. The van der Waals surface area contributed by atoms with Crippen LogP contribution in [0.4, 0.5) is 5.69 Å². The molecule has 0 radical (unpaired) electrons. The minimum atomic E-state index is -0.432. The Morgan fingerprint density at radius 1 is 1.03 bits per heavy atom. The summed E-state index contributed by atoms with van der Waals surface area (Å²) in [5, 5.41) is 17.3. The zero-order valence-corrected chi connectivity index (χ0v) is 16.8. The van der Waals surface area contributed by atoms with Crippen LogP contribution in [0.15, 0.2) is 88.4 Å². The molecule has 7 heteroatoms. The quantitative estimate of drug-likeness (QED) is 0.397. The third-order valence-corrected chi connectivity index (χ3v) is 5.31. The van der Waals surface area contributed by atoms with Gasteiger partial charge in [0.2, 0.25) is 0 Å². The fourth-order valence-corrected chi connectivity index (χ4v) is 3.60. The van der Waals surface area contributed by atoms with Crippen molar-refractivity contribution in [2.75, 3.05) is 0 Å². The van der Waals surface area contributed by atoms with Crippen molar-refractivity contribution in [3.05, 3.63) is 110 Å². The minimum Gasteiger partial charge on any atom is -0.267 e. The summed E-state index contributed by atoms with van der Waals surface area (Å²) in [6.45, 7) is 0. The molecule has 1 aliphatic rings. The third kappa shape index (κ3) is 3.95. The van der Waals surface area contributed by atoms with Gasteiger partial charge in [0.25, 0.3) is 11.6 Å². The first kappa shape index (κ1) is 19.0. The van der Waals surface area contributed by atoms with E-state index in [9.17, 15) is 14.9 Å². The van der Waals surface area contributed by atoms with Crippen LogP contribution >= 0.6 is 15.9 Å². The zero-order valence-electron chi connectivity index (χ0n) is 15.2. The smallest absolute Gasteiger partial charge is 0.267 e. The second-order valence-electron chi connectivity index (χ2n) is 6.64. The number of hydrogen-bond acceptors (Lipinski definition) is 4. The molecule has 0 fully saturated rings. The highest BCUT2D eigenvalue weighted by atomic mass is 79.9. The monoisotopic (exact) mass is 449 g/mol. The lowest BCUT2D eigenvalue weighted by molar-refractivity contribution is -0.384. The van der Waals surface area contributed by atoms with Crippen molar-refractivity contribution in [1.82, 2.24) is 5.01 Å². The lowest BCUT2D eigenvalue weighted by Crippen LogP contribution is -2.27. The number of nitro groups is 1. The molecule has 4 rings (SSSR count). The molecule has 0 N–H and O–H groups in total. The molecular weight excluding hydrogens is 434 g/mol. The number of non-ortho nitro benzene ring substituents is 1. The van der Waals surface area contributed by atoms with E-state index in [0.717, 1.165) is 15.7 Å². The van der Waals surface area contributed by atoms with Crippen LogP contribution in [0.2, 0.25) is 0 Å². The van der Waals surface area contributed by atoms with Gasteiger partial charge in [-0.15, -0.1) is 0 Å². The van der Waals surface area contributed by atoms with Crippen molar-refractivity contribution in [1.29, 1.82) is 0 Å². The molecule has 1 aliphatic heterocycles. The van der Waals surface area contributed by atoms with E-state index in [1.54, 1.807) is 36.4 Å². The summed E-state index contributed by atoms with van der Waals surface area (Å²) in [5.74, 6) is -0.241. The molecule has 0 aromatic heterocycles. The first-order valence-electron chi connectivity index (χ1n) is 8.99. The maximum absolute atomic E-state index is 13.2. The van der Waals surface area contributed by atoms with E-state index in [4.69, 9.17) is 0 Å². The zero-order chi connectivity index (χ0) is 20.4. The molecule has 144 valence electrons. The van der Waals surface area contributed by atoms with E-state index in [1.165, 1.54) is 17.1 Å². The van der Waals surface area contributed by atoms with Crippen LogP contribution in [0.3, 0.4) is 0 Å². The van der Waals surface area contributed by atoms with E-state index in [-0.39, 0.29) is 11.6 Å². The lowest BCUT2D eigenvalue weighted by atomic mass is 9.98. The topological polar surface area (TPSA) is 75.8 Å². The number of halogens is 1. The van der Waals surface area contributed by atoms with Crippen LogP contribution < -0.4 is 0 Å². The van der Waals surface area contributed by atoms with Crippen molar-refractivity contribution >= 4 is 33.2 Å². The molecule has 0 saturated heterocycles. The SMILES string of the molecule is O=C(c1ccccc1)N1N=C(c2ccc(Br)cc2)C[C@@H]1c1cccc([N+](=O)[O-])c1. The Bertz CT molecular complexity index is 1100. The van der Waals surface area contributed by atoms with Crippen LogP contribution in [-0.2, 0) is 0 Å². The summed E-state index contributed by atoms with van der Waals surface area (Å²) in [6, 6.07) is 22.6. The van der Waals surface area contributed by atoms with Crippen molar-refractivity contribution in [2.24, 2.45) is 5.10 Å². The highest BCUT2D eigenvalue weighted by Gasteiger charge is 2.34. The van der Waals surface area contributed by atoms with Gasteiger partial charge in [-0.1, -0.05) is 58.4 Å². The van der Waals surface area contributed by atoms with Gasteiger partial charge in [0.15, 0.2) is 0 Å². The van der Waals surface area contributed by atoms with Crippen molar-refractivity contribution < 1.29 is 9.72 Å². The highest BCUT2D eigenvalue weighted by molar-refractivity contribution is 9.10. The van der Waals surface area contributed by atoms with Gasteiger partial charge in [-0.05, 0) is 35.4 Å². The normalized spacial score (nSPS) is 15.8. The van der Waals surface area contributed by atoms with Crippen LogP contribution in [0.25, 0.3) is 0 Å². The fourth-order valence-electron chi connectivity index (χ4n) is 3.33. The number of carbonyl (C=O) groups excluding carboxylic acids is 1. The number of hydrogen-bond donors (Lipinski definition) is 0. The van der Waals surface area contributed by atoms with Crippen molar-refractivity contribution in [2.45, 2.75) is 12.5 Å². The van der Waals surface area contributed by atoms with Crippen LogP contribution in [0, 0.1) is 10.1 Å². The van der Waals surface area contributed by atoms with Crippen LogP contribution in [0.5, 0.6) is 0 Å². The molecule has 3 aromatic rings. The Morgan fingerprint density at radius 2 is 1.76 bits per heavy atom. The van der Waals surface area contributed by atoms with E-state index < -0.39 is 11.0 Å². The molecule has 6 nitrogen and oxygen atoms in total. The molecule has 0 spiro atoms. The van der Waals surface area contributed by atoms with Crippen molar-refractivity contribution in [3.8, 4) is 0 Å². The van der Waals surface area contributed by atoms with E-state index in [0.29, 0.717) is 17.5 Å². The Labute approximate surface area is 175 Å². The summed E-state index contributed by atoms with van der Waals surface area (Å²) in [5.41, 5.74) is 2.86. The maximum Gasteiger partial charge on any atom is 0.274 e. The second-order valence-corrected chi connectivity index (χ2v) is 7.56. The number of carbonyl (C=O) groups is 1. The molecule has 0 aliphatic carbocycles. The molecule has 1 amide bonds. The van der Waals surface area contributed by atoms with Crippen LogP contribution in [0.1, 0.15) is 33.9 Å². The molecule has 1 atom stereocenters. The average molecular weight is 450 g/mol. The largest absolute Gasteiger partial charge is 0.274 e. The molecular formula is C22H16BrN3O3. The van der Waals surface area contributed by atoms with Gasteiger partial charge >= 0.3 is 0 Å². The molecule has 0 bridgehead atoms.